The van der Waals surface area contributed by atoms with Gasteiger partial charge in [0, 0.05) is 24.2 Å². The SMILES string of the molecule is COc1ccc(-c2cccc(C(=O)NCCNC(=O)c3ccc(OC4CCC(C(=O)O)CC4)cc3)c2)cc1. The van der Waals surface area contributed by atoms with E-state index < -0.39 is 5.97 Å². The smallest absolute Gasteiger partial charge is 0.306 e. The lowest BCUT2D eigenvalue weighted by molar-refractivity contribution is -0.143. The Balaban J connectivity index is 1.20. The molecule has 0 unspecified atom stereocenters. The lowest BCUT2D eigenvalue weighted by Crippen LogP contribution is -2.34. The van der Waals surface area contributed by atoms with E-state index in [0.29, 0.717) is 42.6 Å². The van der Waals surface area contributed by atoms with Gasteiger partial charge in [-0.05, 0) is 85.3 Å². The lowest BCUT2D eigenvalue weighted by atomic mass is 9.87. The lowest BCUT2D eigenvalue weighted by Gasteiger charge is -2.26. The van der Waals surface area contributed by atoms with Gasteiger partial charge in [0.2, 0.25) is 0 Å². The fourth-order valence-corrected chi connectivity index (χ4v) is 4.48. The topological polar surface area (TPSA) is 114 Å². The minimum Gasteiger partial charge on any atom is -0.497 e. The van der Waals surface area contributed by atoms with E-state index in [0.717, 1.165) is 16.9 Å². The fraction of sp³-hybridized carbons (Fsp3) is 0.300. The molecule has 0 atom stereocenters. The highest BCUT2D eigenvalue weighted by Gasteiger charge is 2.26. The van der Waals surface area contributed by atoms with Gasteiger partial charge in [-0.3, -0.25) is 14.4 Å². The predicted molar refractivity (Wildman–Crippen MR) is 144 cm³/mol. The van der Waals surface area contributed by atoms with Crippen LogP contribution < -0.4 is 20.1 Å². The van der Waals surface area contributed by atoms with Gasteiger partial charge in [0.25, 0.3) is 11.8 Å². The number of nitrogens with one attached hydrogen (secondary N) is 2. The van der Waals surface area contributed by atoms with Crippen LogP contribution in [0.25, 0.3) is 11.1 Å². The number of hydrogen-bond donors (Lipinski definition) is 3. The molecule has 0 spiro atoms. The van der Waals surface area contributed by atoms with Crippen molar-refractivity contribution >= 4 is 17.8 Å². The van der Waals surface area contributed by atoms with Crippen molar-refractivity contribution in [3.8, 4) is 22.6 Å². The van der Waals surface area contributed by atoms with E-state index in [9.17, 15) is 14.4 Å². The van der Waals surface area contributed by atoms with Crippen LogP contribution in [0.3, 0.4) is 0 Å². The van der Waals surface area contributed by atoms with Crippen LogP contribution in [0.1, 0.15) is 46.4 Å². The molecule has 0 radical (unpaired) electrons. The average molecular weight is 517 g/mol. The highest BCUT2D eigenvalue weighted by atomic mass is 16.5. The molecule has 3 N–H and O–H groups in total. The number of amides is 2. The first-order valence-electron chi connectivity index (χ1n) is 12.7. The third kappa shape index (κ3) is 7.12. The zero-order valence-electron chi connectivity index (χ0n) is 21.3. The first-order valence-corrected chi connectivity index (χ1v) is 12.7. The molecule has 1 saturated carbocycles. The Hall–Kier alpha value is -4.33. The Labute approximate surface area is 222 Å². The number of ether oxygens (including phenoxy) is 2. The highest BCUT2D eigenvalue weighted by Crippen LogP contribution is 2.28. The number of carbonyl (C=O) groups is 3. The van der Waals surface area contributed by atoms with Crippen molar-refractivity contribution in [2.24, 2.45) is 5.92 Å². The van der Waals surface area contributed by atoms with Crippen molar-refractivity contribution in [1.82, 2.24) is 10.6 Å². The number of aliphatic carboxylic acids is 1. The molecule has 0 aromatic heterocycles. The van der Waals surface area contributed by atoms with E-state index in [-0.39, 0.29) is 36.9 Å². The molecular weight excluding hydrogens is 484 g/mol. The summed E-state index contributed by atoms with van der Waals surface area (Å²) in [6.45, 7) is 0.575. The van der Waals surface area contributed by atoms with Crippen LogP contribution in [0.2, 0.25) is 0 Å². The van der Waals surface area contributed by atoms with Gasteiger partial charge >= 0.3 is 5.97 Å². The summed E-state index contributed by atoms with van der Waals surface area (Å²) in [6, 6.07) is 21.9. The highest BCUT2D eigenvalue weighted by molar-refractivity contribution is 5.96. The second-order valence-corrected chi connectivity index (χ2v) is 9.28. The molecule has 3 aromatic carbocycles. The maximum Gasteiger partial charge on any atom is 0.306 e. The zero-order valence-corrected chi connectivity index (χ0v) is 21.3. The second kappa shape index (κ2) is 12.8. The van der Waals surface area contributed by atoms with E-state index in [1.54, 1.807) is 37.4 Å². The quantitative estimate of drug-likeness (QED) is 0.341. The molecule has 0 bridgehead atoms. The van der Waals surface area contributed by atoms with Crippen molar-refractivity contribution in [1.29, 1.82) is 0 Å². The van der Waals surface area contributed by atoms with Crippen LogP contribution in [0.5, 0.6) is 11.5 Å². The predicted octanol–water partition coefficient (Wildman–Crippen LogP) is 4.54. The molecule has 0 heterocycles. The van der Waals surface area contributed by atoms with E-state index in [4.69, 9.17) is 14.6 Å². The van der Waals surface area contributed by atoms with Gasteiger partial charge in [-0.1, -0.05) is 24.3 Å². The van der Waals surface area contributed by atoms with E-state index in [1.165, 1.54) is 0 Å². The number of methoxy groups -OCH3 is 1. The first-order chi connectivity index (χ1) is 18.4. The van der Waals surface area contributed by atoms with E-state index >= 15 is 0 Å². The fourth-order valence-electron chi connectivity index (χ4n) is 4.48. The van der Waals surface area contributed by atoms with E-state index in [1.807, 2.05) is 42.5 Å². The van der Waals surface area contributed by atoms with Crippen LogP contribution in [0.15, 0.2) is 72.8 Å². The first kappa shape index (κ1) is 26.7. The van der Waals surface area contributed by atoms with Crippen LogP contribution in [0, 0.1) is 5.92 Å². The number of carboxylic acids is 1. The monoisotopic (exact) mass is 516 g/mol. The molecule has 2 amide bonds. The van der Waals surface area contributed by atoms with Crippen LogP contribution in [-0.2, 0) is 4.79 Å². The zero-order chi connectivity index (χ0) is 26.9. The molecule has 1 aliphatic rings. The summed E-state index contributed by atoms with van der Waals surface area (Å²) in [6.07, 6.45) is 2.63. The minimum atomic E-state index is -0.739. The number of carboxylic acid groups (broad SMARTS) is 1. The summed E-state index contributed by atoms with van der Waals surface area (Å²) in [5, 5.41) is 14.8. The Morgan fingerprint density at radius 1 is 0.763 bits per heavy atom. The number of carbonyl (C=O) groups excluding carboxylic acids is 2. The van der Waals surface area contributed by atoms with Crippen molar-refractivity contribution in [3.05, 3.63) is 83.9 Å². The van der Waals surface area contributed by atoms with Gasteiger partial charge in [-0.15, -0.1) is 0 Å². The molecule has 198 valence electrons. The maximum absolute atomic E-state index is 12.6. The van der Waals surface area contributed by atoms with Gasteiger partial charge in [0.1, 0.15) is 11.5 Å². The van der Waals surface area contributed by atoms with Gasteiger partial charge in [-0.2, -0.15) is 0 Å². The largest absolute Gasteiger partial charge is 0.497 e. The van der Waals surface area contributed by atoms with Crippen LogP contribution >= 0.6 is 0 Å². The Bertz CT molecular complexity index is 1250. The molecule has 1 aliphatic carbocycles. The Morgan fingerprint density at radius 2 is 1.37 bits per heavy atom. The van der Waals surface area contributed by atoms with Gasteiger partial charge in [-0.25, -0.2) is 0 Å². The molecule has 0 saturated heterocycles. The molecular formula is C30H32N2O6. The second-order valence-electron chi connectivity index (χ2n) is 9.28. The van der Waals surface area contributed by atoms with Crippen molar-refractivity contribution < 1.29 is 29.0 Å². The summed E-state index contributed by atoms with van der Waals surface area (Å²) >= 11 is 0. The molecule has 38 heavy (non-hydrogen) atoms. The van der Waals surface area contributed by atoms with Crippen LogP contribution in [0.4, 0.5) is 0 Å². The maximum atomic E-state index is 12.6. The number of hydrogen-bond acceptors (Lipinski definition) is 5. The minimum absolute atomic E-state index is 0.00853. The van der Waals surface area contributed by atoms with Crippen molar-refractivity contribution in [2.45, 2.75) is 31.8 Å². The van der Waals surface area contributed by atoms with Crippen molar-refractivity contribution in [2.75, 3.05) is 20.2 Å². The van der Waals surface area contributed by atoms with Gasteiger partial charge in [0.05, 0.1) is 19.1 Å². The standard InChI is InChI=1S/C30H32N2O6/c1-37-25-11-5-20(6-12-25)23-3-2-4-24(19-23)29(34)32-18-17-31-28(33)21-7-13-26(14-8-21)38-27-15-9-22(10-16-27)30(35)36/h2-8,11-14,19,22,27H,9-10,15-18H2,1H3,(H,31,33)(H,32,34)(H,35,36). The summed E-state index contributed by atoms with van der Waals surface area (Å²) in [5.74, 6) is -0.0505. The normalized spacial score (nSPS) is 16.8. The van der Waals surface area contributed by atoms with Crippen LogP contribution in [-0.4, -0.2) is 49.2 Å². The number of rotatable bonds is 10. The summed E-state index contributed by atoms with van der Waals surface area (Å²) in [5.41, 5.74) is 2.94. The third-order valence-electron chi connectivity index (χ3n) is 6.69. The van der Waals surface area contributed by atoms with Crippen molar-refractivity contribution in [3.63, 3.8) is 0 Å². The molecule has 8 nitrogen and oxygen atoms in total. The number of benzene rings is 3. The summed E-state index contributed by atoms with van der Waals surface area (Å²) in [7, 11) is 1.62. The molecule has 8 heteroatoms. The Kier molecular flexibility index (Phi) is 8.98. The third-order valence-corrected chi connectivity index (χ3v) is 6.69. The van der Waals surface area contributed by atoms with Gasteiger partial charge < -0.3 is 25.2 Å². The Morgan fingerprint density at radius 3 is 1.97 bits per heavy atom. The summed E-state index contributed by atoms with van der Waals surface area (Å²) in [4.78, 5) is 36.2. The van der Waals surface area contributed by atoms with Gasteiger partial charge in [0.15, 0.2) is 0 Å². The summed E-state index contributed by atoms with van der Waals surface area (Å²) < 4.78 is 11.1. The molecule has 0 aliphatic heterocycles. The molecule has 3 aromatic rings. The van der Waals surface area contributed by atoms with E-state index in [2.05, 4.69) is 10.6 Å². The average Bonchev–Trinajstić information content (AvgIpc) is 2.96. The molecule has 4 rings (SSSR count). The molecule has 1 fully saturated rings.